The zero-order chi connectivity index (χ0) is 20.3. The maximum Gasteiger partial charge on any atom is 0.471 e. The molecule has 2 aromatic rings. The lowest BCUT2D eigenvalue weighted by molar-refractivity contribution is -0.138. The third-order valence-electron chi connectivity index (χ3n) is 8.74. The molecule has 30 heavy (non-hydrogen) atoms. The number of nitrogens with zero attached hydrogens (tertiary/aromatic N) is 3. The van der Waals surface area contributed by atoms with E-state index in [1.54, 1.807) is 0 Å². The van der Waals surface area contributed by atoms with Crippen LogP contribution in [0.25, 0.3) is 11.0 Å². The molecule has 4 heterocycles. The fourth-order valence-electron chi connectivity index (χ4n) is 7.66. The molecule has 2 N–H and O–H groups in total. The number of aromatic nitrogens is 2. The Balaban J connectivity index is 1.43. The number of hydrogen-bond donors (Lipinski definition) is 2. The van der Waals surface area contributed by atoms with Crippen LogP contribution < -0.4 is 5.46 Å². The topological polar surface area (TPSA) is 73.7 Å². The zero-order valence-corrected chi connectivity index (χ0v) is 17.8. The molecule has 0 spiro atoms. The van der Waals surface area contributed by atoms with Gasteiger partial charge in [0.1, 0.15) is 5.65 Å². The van der Waals surface area contributed by atoms with E-state index in [-0.39, 0.29) is 12.6 Å². The number of fused-ring (bicyclic) bond motifs is 5. The van der Waals surface area contributed by atoms with Crippen LogP contribution >= 0.6 is 0 Å². The van der Waals surface area contributed by atoms with Gasteiger partial charge in [0, 0.05) is 46.9 Å². The Morgan fingerprint density at radius 3 is 2.80 bits per heavy atom. The normalized spacial score (nSPS) is 38.6. The van der Waals surface area contributed by atoms with E-state index in [0.717, 1.165) is 48.8 Å². The summed E-state index contributed by atoms with van der Waals surface area (Å²) < 4.78 is 6.27. The van der Waals surface area contributed by atoms with Crippen LogP contribution in [0, 0.1) is 23.7 Å². The van der Waals surface area contributed by atoms with Gasteiger partial charge in [0.15, 0.2) is 0 Å². The van der Waals surface area contributed by atoms with Gasteiger partial charge in [0.05, 0.1) is 11.3 Å². The molecule has 0 radical (unpaired) electrons. The van der Waals surface area contributed by atoms with Crippen LogP contribution in [0.4, 0.5) is 0 Å². The molecule has 0 amide bonds. The molecule has 7 heteroatoms. The number of aliphatic hydroxyl groups is 1. The van der Waals surface area contributed by atoms with Gasteiger partial charge in [-0.1, -0.05) is 0 Å². The van der Waals surface area contributed by atoms with Crippen LogP contribution in [0.5, 0.6) is 0 Å². The highest BCUT2D eigenvalue weighted by Crippen LogP contribution is 2.59. The van der Waals surface area contributed by atoms with E-state index in [1.807, 2.05) is 12.4 Å². The number of hydrazone groups is 1. The maximum atomic E-state index is 11.1. The van der Waals surface area contributed by atoms with Crippen LogP contribution in [0.2, 0.25) is 0 Å². The summed E-state index contributed by atoms with van der Waals surface area (Å²) in [6.45, 7) is 5.29. The Kier molecular flexibility index (Phi) is 3.37. The molecular weight excluding hydrogens is 375 g/mol. The van der Waals surface area contributed by atoms with E-state index in [1.165, 1.54) is 24.1 Å². The third-order valence-corrected chi connectivity index (χ3v) is 8.74. The molecule has 2 atom stereocenters. The van der Waals surface area contributed by atoms with Crippen molar-refractivity contribution in [2.75, 3.05) is 6.61 Å². The number of nitrogens with one attached hydrogen (secondary N) is 1. The summed E-state index contributed by atoms with van der Waals surface area (Å²) in [6, 6.07) is 2.14. The van der Waals surface area contributed by atoms with Crippen molar-refractivity contribution in [2.45, 2.75) is 63.5 Å². The third kappa shape index (κ3) is 2.28. The molecule has 4 aliphatic carbocycles. The van der Waals surface area contributed by atoms with Crippen LogP contribution in [-0.2, 0) is 4.65 Å². The van der Waals surface area contributed by atoms with Gasteiger partial charge in [-0.3, -0.25) is 0 Å². The maximum absolute atomic E-state index is 11.1. The van der Waals surface area contributed by atoms with Crippen LogP contribution in [-0.4, -0.2) is 50.5 Å². The average Bonchev–Trinajstić information content (AvgIpc) is 3.15. The van der Waals surface area contributed by atoms with Crippen LogP contribution in [0.3, 0.4) is 0 Å². The van der Waals surface area contributed by atoms with Crippen molar-refractivity contribution in [1.29, 1.82) is 0 Å². The van der Waals surface area contributed by atoms with Gasteiger partial charge in [-0.25, -0.2) is 4.98 Å². The fourth-order valence-corrected chi connectivity index (χ4v) is 7.66. The summed E-state index contributed by atoms with van der Waals surface area (Å²) in [5.74, 6) is 2.17. The largest absolute Gasteiger partial charge is 0.471 e. The van der Waals surface area contributed by atoms with Crippen molar-refractivity contribution in [1.82, 2.24) is 14.9 Å². The number of aromatic amines is 1. The number of rotatable bonds is 1. The lowest BCUT2D eigenvalue weighted by Gasteiger charge is -2.59. The minimum atomic E-state index is -0.428. The van der Waals surface area contributed by atoms with Gasteiger partial charge < -0.3 is 19.7 Å². The fraction of sp³-hybridized carbons (Fsp3) is 0.652. The Hall–Kier alpha value is -1.86. The van der Waals surface area contributed by atoms with Gasteiger partial charge in [0.2, 0.25) is 0 Å². The van der Waals surface area contributed by atoms with E-state index >= 15 is 0 Å². The minimum absolute atomic E-state index is 0.0525. The first kappa shape index (κ1) is 17.8. The highest BCUT2D eigenvalue weighted by atomic mass is 16.4. The van der Waals surface area contributed by atoms with Gasteiger partial charge >= 0.3 is 7.05 Å². The molecule has 4 bridgehead atoms. The summed E-state index contributed by atoms with van der Waals surface area (Å²) in [7, 11) is -0.166. The van der Waals surface area contributed by atoms with Crippen LogP contribution in [0.15, 0.2) is 23.6 Å². The van der Waals surface area contributed by atoms with Crippen molar-refractivity contribution in [3.05, 3.63) is 24.0 Å². The second kappa shape index (κ2) is 5.68. The molecule has 2 aromatic heterocycles. The highest BCUT2D eigenvalue weighted by molar-refractivity contribution is 6.68. The molecule has 8 rings (SSSR count). The molecule has 2 unspecified atom stereocenters. The van der Waals surface area contributed by atoms with Crippen molar-refractivity contribution in [3.8, 4) is 0 Å². The quantitative estimate of drug-likeness (QED) is 0.717. The van der Waals surface area contributed by atoms with Gasteiger partial charge in [-0.2, -0.15) is 5.10 Å². The van der Waals surface area contributed by atoms with E-state index < -0.39 is 5.60 Å². The summed E-state index contributed by atoms with van der Waals surface area (Å²) in [5.41, 5.74) is 4.07. The summed E-state index contributed by atoms with van der Waals surface area (Å²) in [5, 5.41) is 17.7. The van der Waals surface area contributed by atoms with E-state index in [9.17, 15) is 5.11 Å². The first-order valence-corrected chi connectivity index (χ1v) is 11.6. The molecule has 2 aliphatic heterocycles. The van der Waals surface area contributed by atoms with Crippen molar-refractivity contribution in [2.24, 2.45) is 28.8 Å². The standard InChI is InChI=1S/C23H29BN4O2/c1-22(2)4-6-30-24-17-12-26-21-16(3-5-25-21)19(17)20(27-28(22)24)18-14-7-13-8-15(18)11-23(29,9-13)10-14/h3,5,12-15,18,29H,4,6-11H2,1-2H3,(H,25,26). The summed E-state index contributed by atoms with van der Waals surface area (Å²) >= 11 is 0. The lowest BCUT2D eigenvalue weighted by atomic mass is 9.48. The molecule has 1 saturated heterocycles. The first-order chi connectivity index (χ1) is 14.4. The second-order valence-corrected chi connectivity index (χ2v) is 11.2. The Labute approximate surface area is 177 Å². The molecule has 156 valence electrons. The zero-order valence-electron chi connectivity index (χ0n) is 17.8. The highest BCUT2D eigenvalue weighted by Gasteiger charge is 2.57. The van der Waals surface area contributed by atoms with E-state index in [2.05, 4.69) is 29.8 Å². The number of H-pyrrole nitrogens is 1. The van der Waals surface area contributed by atoms with Crippen LogP contribution in [0.1, 0.15) is 57.9 Å². The SMILES string of the molecule is CC1(C)CCOB2c3cnc4[nH]ccc4c3C(C3C4CC5CC3CC(O)(C5)C4)=NN21. The Bertz CT molecular complexity index is 1060. The number of hydrogen-bond acceptors (Lipinski definition) is 5. The van der Waals surface area contributed by atoms with Crippen molar-refractivity contribution >= 4 is 29.3 Å². The monoisotopic (exact) mass is 404 g/mol. The smallest absolute Gasteiger partial charge is 0.412 e. The molecule has 6 aliphatic rings. The van der Waals surface area contributed by atoms with Gasteiger partial charge in [0.25, 0.3) is 0 Å². The minimum Gasteiger partial charge on any atom is -0.412 e. The predicted molar refractivity (Wildman–Crippen MR) is 117 cm³/mol. The van der Waals surface area contributed by atoms with Gasteiger partial charge in [-0.15, -0.1) is 0 Å². The van der Waals surface area contributed by atoms with Gasteiger partial charge in [-0.05, 0) is 76.2 Å². The molecule has 5 fully saturated rings. The predicted octanol–water partition coefficient (Wildman–Crippen LogP) is 2.66. The van der Waals surface area contributed by atoms with Crippen molar-refractivity contribution in [3.63, 3.8) is 0 Å². The van der Waals surface area contributed by atoms with E-state index in [4.69, 9.17) is 14.7 Å². The molecular formula is C23H29BN4O2. The molecule has 6 nitrogen and oxygen atoms in total. The lowest BCUT2D eigenvalue weighted by Crippen LogP contribution is -2.65. The van der Waals surface area contributed by atoms with E-state index in [0.29, 0.717) is 23.7 Å². The second-order valence-electron chi connectivity index (χ2n) is 11.2. The summed E-state index contributed by atoms with van der Waals surface area (Å²) in [6.07, 6.45) is 10.3. The summed E-state index contributed by atoms with van der Waals surface area (Å²) in [4.78, 5) is 10.2. The molecule has 4 saturated carbocycles. The van der Waals surface area contributed by atoms with Crippen molar-refractivity contribution < 1.29 is 9.76 Å². The Morgan fingerprint density at radius 1 is 1.23 bits per heavy atom. The molecule has 0 aromatic carbocycles. The first-order valence-electron chi connectivity index (χ1n) is 11.6. The average molecular weight is 404 g/mol. The Morgan fingerprint density at radius 2 is 2.03 bits per heavy atom. The number of pyridine rings is 1.